The average molecular weight is 502 g/mol. The molecule has 0 amide bonds. The highest BCUT2D eigenvalue weighted by Gasteiger charge is 2.28. The van der Waals surface area contributed by atoms with Crippen LogP contribution in [0.15, 0.2) is 42.6 Å². The molecule has 4 heterocycles. The van der Waals surface area contributed by atoms with E-state index in [-0.39, 0.29) is 18.8 Å². The predicted octanol–water partition coefficient (Wildman–Crippen LogP) is 2.44. The van der Waals surface area contributed by atoms with Crippen molar-refractivity contribution in [2.24, 2.45) is 0 Å². The molecule has 0 bridgehead atoms. The molecule has 1 atom stereocenters. The lowest BCUT2D eigenvalue weighted by atomic mass is 10.0. The minimum Gasteiger partial charge on any atom is -0.493 e. The van der Waals surface area contributed by atoms with E-state index in [4.69, 9.17) is 29.7 Å². The van der Waals surface area contributed by atoms with Crippen molar-refractivity contribution in [2.45, 2.75) is 12.5 Å². The number of ether oxygens (including phenoxy) is 4. The number of nitrogens with two attached hydrogens (primary N) is 1. The van der Waals surface area contributed by atoms with Gasteiger partial charge in [0.2, 0.25) is 12.7 Å². The van der Waals surface area contributed by atoms with Crippen LogP contribution in [0.5, 0.6) is 23.0 Å². The standard InChI is InChI=1S/C26H27N7O4/c1-34-19-6-4-16(11-21(19)35-2)18-13-29-24-23(30-18)25(32-26(27)31-24)33-8-7-28-12-17(33)9-15-3-5-20-22(10-15)37-14-36-20/h3-6,10-11,13,17,28H,7-9,12,14H2,1-2H3,(H2,27,29,31,32). The Morgan fingerprint density at radius 3 is 2.76 bits per heavy atom. The van der Waals surface area contributed by atoms with Crippen molar-refractivity contribution in [3.05, 3.63) is 48.2 Å². The van der Waals surface area contributed by atoms with E-state index < -0.39 is 0 Å². The molecule has 2 aliphatic rings. The average Bonchev–Trinajstić information content (AvgIpc) is 3.40. The van der Waals surface area contributed by atoms with Crippen molar-refractivity contribution in [2.75, 3.05) is 51.3 Å². The highest BCUT2D eigenvalue weighted by Crippen LogP contribution is 2.35. The molecule has 4 aromatic rings. The Balaban J connectivity index is 1.38. The maximum absolute atomic E-state index is 6.12. The van der Waals surface area contributed by atoms with Gasteiger partial charge in [-0.3, -0.25) is 0 Å². The zero-order valence-corrected chi connectivity index (χ0v) is 20.6. The molecule has 2 aromatic heterocycles. The number of nitrogens with zero attached hydrogens (tertiary/aromatic N) is 5. The molecule has 0 spiro atoms. The van der Waals surface area contributed by atoms with Crippen molar-refractivity contribution >= 4 is 22.9 Å². The fraction of sp³-hybridized carbons (Fsp3) is 0.308. The second-order valence-corrected chi connectivity index (χ2v) is 8.85. The molecular weight excluding hydrogens is 474 g/mol. The van der Waals surface area contributed by atoms with E-state index in [0.717, 1.165) is 48.7 Å². The summed E-state index contributed by atoms with van der Waals surface area (Å²) in [6.45, 7) is 2.58. The number of hydrogen-bond donors (Lipinski definition) is 2. The van der Waals surface area contributed by atoms with Gasteiger partial charge in [0, 0.05) is 31.2 Å². The van der Waals surface area contributed by atoms with Crippen LogP contribution in [0.3, 0.4) is 0 Å². The summed E-state index contributed by atoms with van der Waals surface area (Å²) in [4.78, 5) is 20.8. The van der Waals surface area contributed by atoms with Crippen LogP contribution < -0.4 is 34.9 Å². The summed E-state index contributed by atoms with van der Waals surface area (Å²) in [5, 5.41) is 3.50. The van der Waals surface area contributed by atoms with Gasteiger partial charge in [0.05, 0.1) is 26.1 Å². The van der Waals surface area contributed by atoms with Gasteiger partial charge in [-0.05, 0) is 42.3 Å². The summed E-state index contributed by atoms with van der Waals surface area (Å²) in [7, 11) is 3.21. The SMILES string of the molecule is COc1ccc(-c2cnc3nc(N)nc(N4CCNCC4Cc4ccc5c(c4)OCO5)c3n2)cc1OC. The Morgan fingerprint density at radius 2 is 1.89 bits per heavy atom. The number of nitrogen functional groups attached to an aromatic ring is 1. The summed E-state index contributed by atoms with van der Waals surface area (Å²) in [5.41, 5.74) is 9.82. The number of nitrogens with one attached hydrogen (secondary N) is 1. The third-order valence-corrected chi connectivity index (χ3v) is 6.62. The normalized spacial score (nSPS) is 16.7. The molecule has 1 unspecified atom stereocenters. The lowest BCUT2D eigenvalue weighted by Gasteiger charge is -2.37. The zero-order chi connectivity index (χ0) is 25.4. The molecule has 11 nitrogen and oxygen atoms in total. The first kappa shape index (κ1) is 23.0. The van der Waals surface area contributed by atoms with Crippen LogP contribution in [-0.4, -0.2) is 66.6 Å². The minimum atomic E-state index is 0.109. The third kappa shape index (κ3) is 4.38. The van der Waals surface area contributed by atoms with Crippen molar-refractivity contribution in [3.8, 4) is 34.3 Å². The van der Waals surface area contributed by atoms with E-state index in [1.165, 1.54) is 0 Å². The van der Waals surface area contributed by atoms with Gasteiger partial charge in [-0.2, -0.15) is 9.97 Å². The molecular formula is C26H27N7O4. The van der Waals surface area contributed by atoms with Crippen molar-refractivity contribution < 1.29 is 18.9 Å². The Bertz CT molecular complexity index is 1460. The van der Waals surface area contributed by atoms with Crippen LogP contribution in [0.4, 0.5) is 11.8 Å². The van der Waals surface area contributed by atoms with E-state index in [1.54, 1.807) is 20.4 Å². The molecule has 1 saturated heterocycles. The van der Waals surface area contributed by atoms with Crippen molar-refractivity contribution in [3.63, 3.8) is 0 Å². The molecule has 2 aliphatic heterocycles. The van der Waals surface area contributed by atoms with Crippen LogP contribution in [0.25, 0.3) is 22.4 Å². The summed E-state index contributed by atoms with van der Waals surface area (Å²) < 4.78 is 21.9. The van der Waals surface area contributed by atoms with E-state index in [1.807, 2.05) is 30.3 Å². The highest BCUT2D eigenvalue weighted by atomic mass is 16.7. The molecule has 1 fully saturated rings. The molecule has 0 aliphatic carbocycles. The van der Waals surface area contributed by atoms with E-state index in [9.17, 15) is 0 Å². The Hall–Kier alpha value is -4.38. The van der Waals surface area contributed by atoms with Crippen LogP contribution in [0.1, 0.15) is 5.56 Å². The highest BCUT2D eigenvalue weighted by molar-refractivity contribution is 5.86. The molecule has 11 heteroatoms. The molecule has 6 rings (SSSR count). The van der Waals surface area contributed by atoms with Gasteiger partial charge in [0.25, 0.3) is 0 Å². The maximum atomic E-state index is 6.12. The van der Waals surface area contributed by atoms with Gasteiger partial charge in [0.1, 0.15) is 0 Å². The fourth-order valence-corrected chi connectivity index (χ4v) is 4.81. The first-order valence-electron chi connectivity index (χ1n) is 12.0. The van der Waals surface area contributed by atoms with Gasteiger partial charge in [0.15, 0.2) is 40.0 Å². The smallest absolute Gasteiger partial charge is 0.231 e. The predicted molar refractivity (Wildman–Crippen MR) is 138 cm³/mol. The van der Waals surface area contributed by atoms with Crippen LogP contribution in [0.2, 0.25) is 0 Å². The Kier molecular flexibility index (Phi) is 5.97. The molecule has 3 N–H and O–H groups in total. The fourth-order valence-electron chi connectivity index (χ4n) is 4.81. The molecule has 0 radical (unpaired) electrons. The number of aromatic nitrogens is 4. The van der Waals surface area contributed by atoms with E-state index >= 15 is 0 Å². The molecule has 2 aromatic carbocycles. The second kappa shape index (κ2) is 9.58. The van der Waals surface area contributed by atoms with Crippen LogP contribution in [0, 0.1) is 0 Å². The number of rotatable bonds is 6. The summed E-state index contributed by atoms with van der Waals surface area (Å²) >= 11 is 0. The second-order valence-electron chi connectivity index (χ2n) is 8.85. The minimum absolute atomic E-state index is 0.109. The largest absolute Gasteiger partial charge is 0.493 e. The van der Waals surface area contributed by atoms with Gasteiger partial charge >= 0.3 is 0 Å². The number of piperazine rings is 1. The first-order chi connectivity index (χ1) is 18.1. The maximum Gasteiger partial charge on any atom is 0.231 e. The lowest BCUT2D eigenvalue weighted by molar-refractivity contribution is 0.174. The topological polar surface area (TPSA) is 130 Å². The molecule has 0 saturated carbocycles. The number of fused-ring (bicyclic) bond motifs is 2. The Labute approximate surface area is 213 Å². The number of hydrogen-bond acceptors (Lipinski definition) is 11. The quantitative estimate of drug-likeness (QED) is 0.404. The first-order valence-corrected chi connectivity index (χ1v) is 12.0. The van der Waals surface area contributed by atoms with E-state index in [0.29, 0.717) is 34.2 Å². The zero-order valence-electron chi connectivity index (χ0n) is 20.6. The number of anilines is 2. The monoisotopic (exact) mass is 501 g/mol. The van der Waals surface area contributed by atoms with Crippen LogP contribution in [-0.2, 0) is 6.42 Å². The summed E-state index contributed by atoms with van der Waals surface area (Å²) in [5.74, 6) is 3.64. The van der Waals surface area contributed by atoms with Gasteiger partial charge in [-0.25, -0.2) is 9.97 Å². The molecule has 37 heavy (non-hydrogen) atoms. The number of benzene rings is 2. The van der Waals surface area contributed by atoms with Gasteiger partial charge < -0.3 is 34.9 Å². The summed E-state index contributed by atoms with van der Waals surface area (Å²) in [6, 6.07) is 11.8. The van der Waals surface area contributed by atoms with Gasteiger partial charge in [-0.1, -0.05) is 6.07 Å². The van der Waals surface area contributed by atoms with E-state index in [2.05, 4.69) is 31.2 Å². The summed E-state index contributed by atoms with van der Waals surface area (Å²) in [6.07, 6.45) is 2.46. The lowest BCUT2D eigenvalue weighted by Crippen LogP contribution is -2.52. The van der Waals surface area contributed by atoms with Crippen molar-refractivity contribution in [1.29, 1.82) is 0 Å². The van der Waals surface area contributed by atoms with Crippen molar-refractivity contribution in [1.82, 2.24) is 25.3 Å². The third-order valence-electron chi connectivity index (χ3n) is 6.62. The Morgan fingerprint density at radius 1 is 1.03 bits per heavy atom. The van der Waals surface area contributed by atoms with Crippen LogP contribution >= 0.6 is 0 Å². The van der Waals surface area contributed by atoms with Gasteiger partial charge in [-0.15, -0.1) is 0 Å². The molecule has 190 valence electrons. The number of methoxy groups -OCH3 is 2.